The molecule has 0 aromatic carbocycles. The van der Waals surface area contributed by atoms with Crippen LogP contribution < -0.4 is 16.1 Å². The second kappa shape index (κ2) is 8.27. The highest BCUT2D eigenvalue weighted by molar-refractivity contribution is 6.30. The summed E-state index contributed by atoms with van der Waals surface area (Å²) in [6, 6.07) is 0. The van der Waals surface area contributed by atoms with Gasteiger partial charge in [0.15, 0.2) is 6.39 Å². The summed E-state index contributed by atoms with van der Waals surface area (Å²) in [5.74, 6) is -0.612. The minimum atomic E-state index is -0.596. The molecule has 0 atom stereocenters. The van der Waals surface area contributed by atoms with Gasteiger partial charge in [-0.3, -0.25) is 14.4 Å². The molecule has 0 radical (unpaired) electrons. The fraction of sp³-hybridized carbons (Fsp3) is 0.286. The van der Waals surface area contributed by atoms with Gasteiger partial charge >= 0.3 is 0 Å². The molecule has 0 fully saturated rings. The van der Waals surface area contributed by atoms with Gasteiger partial charge in [-0.2, -0.15) is 0 Å². The largest absolute Gasteiger partial charge is 0.448 e. The number of H-pyrrole nitrogens is 1. The molecular formula is C14H15ClN4O5. The van der Waals surface area contributed by atoms with E-state index in [4.69, 9.17) is 21.1 Å². The first-order chi connectivity index (χ1) is 11.5. The molecule has 0 spiro atoms. The second-order valence-corrected chi connectivity index (χ2v) is 5.12. The van der Waals surface area contributed by atoms with Crippen LogP contribution in [-0.2, 0) is 17.8 Å². The van der Waals surface area contributed by atoms with E-state index >= 15 is 0 Å². The van der Waals surface area contributed by atoms with Crippen LogP contribution in [0.3, 0.4) is 0 Å². The molecular weight excluding hydrogens is 340 g/mol. The van der Waals surface area contributed by atoms with Crippen LogP contribution in [0.25, 0.3) is 0 Å². The van der Waals surface area contributed by atoms with Crippen LogP contribution >= 0.6 is 11.6 Å². The van der Waals surface area contributed by atoms with E-state index in [1.165, 1.54) is 18.8 Å². The van der Waals surface area contributed by atoms with Gasteiger partial charge in [-0.05, 0) is 0 Å². The Bertz CT molecular complexity index is 785. The van der Waals surface area contributed by atoms with E-state index in [0.29, 0.717) is 17.9 Å². The van der Waals surface area contributed by atoms with Crippen LogP contribution in [0, 0.1) is 0 Å². The van der Waals surface area contributed by atoms with Crippen molar-refractivity contribution in [2.45, 2.75) is 13.0 Å². The van der Waals surface area contributed by atoms with Crippen molar-refractivity contribution in [3.8, 4) is 0 Å². The number of carbonyl (C=O) groups excluding carboxylic acids is 2. The summed E-state index contributed by atoms with van der Waals surface area (Å²) in [6.07, 6.45) is 4.11. The molecule has 2 amide bonds. The molecule has 4 N–H and O–H groups in total. The number of nitrogens with one attached hydrogen (secondary N) is 3. The highest BCUT2D eigenvalue weighted by atomic mass is 35.5. The zero-order valence-electron chi connectivity index (χ0n) is 12.5. The number of carbonyl (C=O) groups is 2. The average molecular weight is 355 g/mol. The summed E-state index contributed by atoms with van der Waals surface area (Å²) < 4.78 is 5.20. The Morgan fingerprint density at radius 1 is 1.33 bits per heavy atom. The first-order valence-electron chi connectivity index (χ1n) is 6.96. The van der Waals surface area contributed by atoms with Crippen LogP contribution in [0.1, 0.15) is 21.8 Å². The van der Waals surface area contributed by atoms with Crippen molar-refractivity contribution in [3.63, 3.8) is 0 Å². The van der Waals surface area contributed by atoms with Gasteiger partial charge in [0.05, 0.1) is 6.54 Å². The van der Waals surface area contributed by atoms with E-state index < -0.39 is 23.9 Å². The van der Waals surface area contributed by atoms with Crippen molar-refractivity contribution in [1.29, 1.82) is 0 Å². The molecule has 2 aromatic heterocycles. The van der Waals surface area contributed by atoms with Gasteiger partial charge < -0.3 is 25.1 Å². The summed E-state index contributed by atoms with van der Waals surface area (Å²) >= 11 is 5.67. The van der Waals surface area contributed by atoms with Gasteiger partial charge in [0, 0.05) is 25.4 Å². The van der Waals surface area contributed by atoms with Crippen molar-refractivity contribution in [3.05, 3.63) is 51.1 Å². The van der Waals surface area contributed by atoms with E-state index in [1.54, 1.807) is 0 Å². The van der Waals surface area contributed by atoms with E-state index in [-0.39, 0.29) is 23.7 Å². The van der Waals surface area contributed by atoms with E-state index in [0.717, 1.165) is 0 Å². The third kappa shape index (κ3) is 4.43. The van der Waals surface area contributed by atoms with Crippen LogP contribution in [0.2, 0.25) is 5.02 Å². The van der Waals surface area contributed by atoms with Crippen LogP contribution in [0.15, 0.2) is 28.0 Å². The summed E-state index contributed by atoms with van der Waals surface area (Å²) in [5.41, 5.74) is -0.206. The number of aliphatic hydroxyl groups is 1. The number of pyridine rings is 1. The van der Waals surface area contributed by atoms with Crippen LogP contribution in [0.5, 0.6) is 0 Å². The van der Waals surface area contributed by atoms with Gasteiger partial charge in [0.2, 0.25) is 11.3 Å². The molecule has 9 nitrogen and oxygen atoms in total. The van der Waals surface area contributed by atoms with Crippen molar-refractivity contribution in [2.75, 3.05) is 13.2 Å². The number of rotatable bonds is 7. The van der Waals surface area contributed by atoms with Crippen molar-refractivity contribution in [2.24, 2.45) is 0 Å². The molecule has 0 saturated heterocycles. The first-order valence-corrected chi connectivity index (χ1v) is 7.34. The summed E-state index contributed by atoms with van der Waals surface area (Å²) in [7, 11) is 0. The molecule has 2 heterocycles. The molecule has 2 aromatic rings. The maximum absolute atomic E-state index is 12.0. The normalized spacial score (nSPS) is 10.4. The minimum absolute atomic E-state index is 0.0462. The van der Waals surface area contributed by atoms with Gasteiger partial charge in [-0.1, -0.05) is 11.6 Å². The number of nitrogens with zero attached hydrogens (tertiary/aromatic N) is 1. The quantitative estimate of drug-likeness (QED) is 0.533. The van der Waals surface area contributed by atoms with Gasteiger partial charge in [0.25, 0.3) is 5.91 Å². The van der Waals surface area contributed by atoms with E-state index in [1.807, 2.05) is 0 Å². The lowest BCUT2D eigenvalue weighted by Gasteiger charge is -2.05. The Hall–Kier alpha value is -2.65. The average Bonchev–Trinajstić information content (AvgIpc) is 3.02. The maximum Gasteiger partial charge on any atom is 0.257 e. The highest BCUT2D eigenvalue weighted by Gasteiger charge is 2.14. The Kier molecular flexibility index (Phi) is 6.10. The fourth-order valence-electron chi connectivity index (χ4n) is 1.90. The van der Waals surface area contributed by atoms with Gasteiger partial charge in [-0.15, -0.1) is 0 Å². The minimum Gasteiger partial charge on any atom is -0.448 e. The van der Waals surface area contributed by atoms with Crippen molar-refractivity contribution in [1.82, 2.24) is 20.6 Å². The Labute approximate surface area is 141 Å². The summed E-state index contributed by atoms with van der Waals surface area (Å²) in [6.45, 7) is -0.290. The topological polar surface area (TPSA) is 137 Å². The smallest absolute Gasteiger partial charge is 0.257 e. The third-order valence-electron chi connectivity index (χ3n) is 3.10. The number of oxazole rings is 1. The molecule has 24 heavy (non-hydrogen) atoms. The summed E-state index contributed by atoms with van der Waals surface area (Å²) in [5, 5.41) is 13.6. The predicted molar refractivity (Wildman–Crippen MR) is 83.5 cm³/mol. The number of halogens is 1. The molecule has 2 rings (SSSR count). The lowest BCUT2D eigenvalue weighted by molar-refractivity contribution is -0.123. The number of amides is 2. The fourth-order valence-corrected chi connectivity index (χ4v) is 2.06. The van der Waals surface area contributed by atoms with Gasteiger partial charge in [-0.25, -0.2) is 4.98 Å². The molecule has 0 saturated carbocycles. The lowest BCUT2D eigenvalue weighted by Crippen LogP contribution is -2.30. The SMILES string of the molecule is O=C(CO)NCCc1ocnc1CNC(=O)c1c[nH]cc(Cl)c1=O. The first kappa shape index (κ1) is 17.7. The molecule has 0 aliphatic heterocycles. The molecule has 128 valence electrons. The zero-order valence-corrected chi connectivity index (χ0v) is 13.2. The van der Waals surface area contributed by atoms with Crippen LogP contribution in [-0.4, -0.2) is 40.0 Å². The van der Waals surface area contributed by atoms with E-state index in [9.17, 15) is 14.4 Å². The predicted octanol–water partition coefficient (Wildman–Crippen LogP) is -0.403. The number of hydrogen-bond donors (Lipinski definition) is 4. The van der Waals surface area contributed by atoms with Crippen molar-refractivity contribution >= 4 is 23.4 Å². The third-order valence-corrected chi connectivity index (χ3v) is 3.38. The highest BCUT2D eigenvalue weighted by Crippen LogP contribution is 2.07. The molecule has 0 unspecified atom stereocenters. The Balaban J connectivity index is 1.94. The number of aromatic nitrogens is 2. The Morgan fingerprint density at radius 2 is 2.12 bits per heavy atom. The Morgan fingerprint density at radius 3 is 2.88 bits per heavy atom. The molecule has 0 bridgehead atoms. The van der Waals surface area contributed by atoms with Crippen molar-refractivity contribution < 1.29 is 19.1 Å². The second-order valence-electron chi connectivity index (χ2n) is 4.71. The number of aliphatic hydroxyl groups excluding tert-OH is 1. The van der Waals surface area contributed by atoms with Crippen LogP contribution in [0.4, 0.5) is 0 Å². The monoisotopic (exact) mass is 354 g/mol. The number of hydrogen-bond acceptors (Lipinski definition) is 6. The standard InChI is InChI=1S/C14H15ClN4O5/c15-9-4-16-3-8(13(9)22)14(23)18-5-10-11(24-7-19-10)1-2-17-12(21)6-20/h3-4,7,20H,1-2,5-6H2,(H,16,22)(H,17,21)(H,18,23). The summed E-state index contributed by atoms with van der Waals surface area (Å²) in [4.78, 5) is 41.3. The number of aromatic amines is 1. The van der Waals surface area contributed by atoms with E-state index in [2.05, 4.69) is 20.6 Å². The maximum atomic E-state index is 12.0. The lowest BCUT2D eigenvalue weighted by atomic mass is 10.2. The molecule has 0 aliphatic carbocycles. The van der Waals surface area contributed by atoms with Gasteiger partial charge in [0.1, 0.15) is 28.6 Å². The zero-order chi connectivity index (χ0) is 17.5. The molecule has 0 aliphatic rings. The molecule has 10 heteroatoms.